The van der Waals surface area contributed by atoms with Gasteiger partial charge >= 0.3 is 5.97 Å². The zero-order chi connectivity index (χ0) is 19.7. The number of esters is 1. The van der Waals surface area contributed by atoms with Gasteiger partial charge in [0, 0.05) is 16.9 Å². The van der Waals surface area contributed by atoms with Crippen LogP contribution in [-0.2, 0) is 14.3 Å². The lowest BCUT2D eigenvalue weighted by atomic mass is 10.0. The molecule has 2 aromatic rings. The normalized spacial score (nSPS) is 15.6. The minimum Gasteiger partial charge on any atom is -0.507 e. The summed E-state index contributed by atoms with van der Waals surface area (Å²) in [6.45, 7) is 5.62. The SMILES string of the molecule is COC(=O)C1=C(C)N(c2cc(C)cc(C)c2)C(=O)/C1=C\c1ccccc1O. The van der Waals surface area contributed by atoms with Crippen LogP contribution in [0.4, 0.5) is 5.69 Å². The van der Waals surface area contributed by atoms with Crippen LogP contribution in [0.5, 0.6) is 5.75 Å². The first-order valence-corrected chi connectivity index (χ1v) is 8.55. The number of phenolic OH excluding ortho intramolecular Hbond substituents is 1. The molecular weight excluding hydrogens is 342 g/mol. The Kier molecular flexibility index (Phi) is 4.86. The third-order valence-electron chi connectivity index (χ3n) is 4.49. The molecule has 0 aromatic heterocycles. The van der Waals surface area contributed by atoms with Gasteiger partial charge in [0.1, 0.15) is 5.75 Å². The van der Waals surface area contributed by atoms with Crippen LogP contribution in [0.1, 0.15) is 23.6 Å². The molecule has 1 N–H and O–H groups in total. The van der Waals surface area contributed by atoms with E-state index in [1.165, 1.54) is 24.2 Å². The number of aryl methyl sites for hydroxylation is 2. The fraction of sp³-hybridized carbons (Fsp3) is 0.182. The molecular formula is C22H21NO4. The van der Waals surface area contributed by atoms with E-state index in [9.17, 15) is 14.7 Å². The van der Waals surface area contributed by atoms with Crippen LogP contribution in [0.3, 0.4) is 0 Å². The number of carbonyl (C=O) groups excluding carboxylic acids is 2. The summed E-state index contributed by atoms with van der Waals surface area (Å²) in [5.41, 5.74) is 4.07. The number of aromatic hydroxyl groups is 1. The molecule has 0 spiro atoms. The lowest BCUT2D eigenvalue weighted by Gasteiger charge is -2.19. The average Bonchev–Trinajstić information content (AvgIpc) is 2.85. The van der Waals surface area contributed by atoms with E-state index in [0.717, 1.165) is 11.1 Å². The standard InChI is InChI=1S/C22H21NO4/c1-13-9-14(2)11-17(10-13)23-15(3)20(22(26)27-4)18(21(23)25)12-16-7-5-6-8-19(16)24/h5-12,24H,1-4H3/b18-12-. The van der Waals surface area contributed by atoms with Gasteiger partial charge < -0.3 is 9.84 Å². The van der Waals surface area contributed by atoms with Crippen molar-refractivity contribution in [1.29, 1.82) is 0 Å². The summed E-state index contributed by atoms with van der Waals surface area (Å²) in [4.78, 5) is 27.1. The summed E-state index contributed by atoms with van der Waals surface area (Å²) < 4.78 is 4.90. The predicted molar refractivity (Wildman–Crippen MR) is 104 cm³/mol. The van der Waals surface area contributed by atoms with E-state index in [1.54, 1.807) is 25.1 Å². The summed E-state index contributed by atoms with van der Waals surface area (Å²) in [5, 5.41) is 10.1. The second kappa shape index (κ2) is 7.11. The molecule has 0 saturated carbocycles. The van der Waals surface area contributed by atoms with Crippen molar-refractivity contribution in [2.45, 2.75) is 20.8 Å². The summed E-state index contributed by atoms with van der Waals surface area (Å²) in [6.07, 6.45) is 1.52. The highest BCUT2D eigenvalue weighted by Gasteiger charge is 2.38. The van der Waals surface area contributed by atoms with Gasteiger partial charge in [-0.2, -0.15) is 0 Å². The average molecular weight is 363 g/mol. The molecule has 27 heavy (non-hydrogen) atoms. The second-order valence-corrected chi connectivity index (χ2v) is 6.56. The van der Waals surface area contributed by atoms with Crippen molar-refractivity contribution in [3.63, 3.8) is 0 Å². The molecule has 1 amide bonds. The minimum atomic E-state index is -0.589. The van der Waals surface area contributed by atoms with Gasteiger partial charge in [-0.15, -0.1) is 0 Å². The van der Waals surface area contributed by atoms with Gasteiger partial charge in [0.25, 0.3) is 5.91 Å². The molecule has 0 saturated heterocycles. The van der Waals surface area contributed by atoms with Crippen LogP contribution in [-0.4, -0.2) is 24.1 Å². The Balaban J connectivity index is 2.19. The molecule has 1 aliphatic heterocycles. The number of anilines is 1. The molecule has 5 heteroatoms. The van der Waals surface area contributed by atoms with E-state index < -0.39 is 5.97 Å². The van der Waals surface area contributed by atoms with Crippen LogP contribution in [0.15, 0.2) is 59.3 Å². The highest BCUT2D eigenvalue weighted by molar-refractivity contribution is 6.24. The first kappa shape index (κ1) is 18.5. The molecule has 5 nitrogen and oxygen atoms in total. The first-order chi connectivity index (χ1) is 12.8. The van der Waals surface area contributed by atoms with Crippen molar-refractivity contribution >= 4 is 23.6 Å². The number of benzene rings is 2. The van der Waals surface area contributed by atoms with Crippen LogP contribution < -0.4 is 4.90 Å². The van der Waals surface area contributed by atoms with Crippen molar-refractivity contribution in [2.75, 3.05) is 12.0 Å². The number of methoxy groups -OCH3 is 1. The van der Waals surface area contributed by atoms with Crippen LogP contribution in [0, 0.1) is 13.8 Å². The molecule has 3 rings (SSSR count). The number of amides is 1. The number of hydrogen-bond donors (Lipinski definition) is 1. The van der Waals surface area contributed by atoms with Crippen molar-refractivity contribution in [2.24, 2.45) is 0 Å². The van der Waals surface area contributed by atoms with Gasteiger partial charge in [-0.1, -0.05) is 24.3 Å². The quantitative estimate of drug-likeness (QED) is 0.664. The first-order valence-electron chi connectivity index (χ1n) is 8.55. The summed E-state index contributed by atoms with van der Waals surface area (Å²) in [7, 11) is 1.28. The number of para-hydroxylation sites is 1. The van der Waals surface area contributed by atoms with E-state index in [4.69, 9.17) is 4.74 Å². The Morgan fingerprint density at radius 2 is 1.70 bits per heavy atom. The number of allylic oxidation sites excluding steroid dienone is 1. The number of rotatable bonds is 3. The van der Waals surface area contributed by atoms with Crippen molar-refractivity contribution in [1.82, 2.24) is 0 Å². The lowest BCUT2D eigenvalue weighted by Crippen LogP contribution is -2.24. The van der Waals surface area contributed by atoms with Gasteiger partial charge in [0.2, 0.25) is 0 Å². The van der Waals surface area contributed by atoms with Gasteiger partial charge in [-0.25, -0.2) is 4.79 Å². The molecule has 0 fully saturated rings. The van der Waals surface area contributed by atoms with Crippen molar-refractivity contribution < 1.29 is 19.4 Å². The minimum absolute atomic E-state index is 0.0320. The largest absolute Gasteiger partial charge is 0.507 e. The number of nitrogens with zero attached hydrogens (tertiary/aromatic N) is 1. The molecule has 0 atom stereocenters. The van der Waals surface area contributed by atoms with Crippen molar-refractivity contribution in [3.05, 3.63) is 76.0 Å². The Bertz CT molecular complexity index is 981. The zero-order valence-electron chi connectivity index (χ0n) is 15.7. The lowest BCUT2D eigenvalue weighted by molar-refractivity contribution is -0.136. The number of phenols is 1. The molecule has 0 radical (unpaired) electrons. The molecule has 1 heterocycles. The maximum Gasteiger partial charge on any atom is 0.340 e. The molecule has 2 aromatic carbocycles. The Morgan fingerprint density at radius 1 is 1.07 bits per heavy atom. The maximum absolute atomic E-state index is 13.2. The van der Waals surface area contributed by atoms with Crippen LogP contribution in [0.25, 0.3) is 6.08 Å². The van der Waals surface area contributed by atoms with E-state index in [0.29, 0.717) is 16.9 Å². The monoisotopic (exact) mass is 363 g/mol. The van der Waals surface area contributed by atoms with Gasteiger partial charge in [-0.05, 0) is 56.2 Å². The molecule has 0 aliphatic carbocycles. The Morgan fingerprint density at radius 3 is 2.30 bits per heavy atom. The van der Waals surface area contributed by atoms with Crippen molar-refractivity contribution in [3.8, 4) is 5.75 Å². The third kappa shape index (κ3) is 3.36. The fourth-order valence-electron chi connectivity index (χ4n) is 3.34. The van der Waals surface area contributed by atoms with Gasteiger partial charge in [-0.3, -0.25) is 9.69 Å². The molecule has 1 aliphatic rings. The highest BCUT2D eigenvalue weighted by Crippen LogP contribution is 2.36. The Hall–Kier alpha value is -3.34. The van der Waals surface area contributed by atoms with E-state index >= 15 is 0 Å². The summed E-state index contributed by atoms with van der Waals surface area (Å²) >= 11 is 0. The molecule has 0 bridgehead atoms. The predicted octanol–water partition coefficient (Wildman–Crippen LogP) is 3.89. The second-order valence-electron chi connectivity index (χ2n) is 6.56. The number of ether oxygens (including phenoxy) is 1. The van der Waals surface area contributed by atoms with Crippen LogP contribution in [0.2, 0.25) is 0 Å². The highest BCUT2D eigenvalue weighted by atomic mass is 16.5. The third-order valence-corrected chi connectivity index (χ3v) is 4.49. The van der Waals surface area contributed by atoms with E-state index in [2.05, 4.69) is 0 Å². The summed E-state index contributed by atoms with van der Waals surface area (Å²) in [6, 6.07) is 12.5. The topological polar surface area (TPSA) is 66.8 Å². The van der Waals surface area contributed by atoms with E-state index in [-0.39, 0.29) is 22.8 Å². The number of carbonyl (C=O) groups is 2. The van der Waals surface area contributed by atoms with Gasteiger partial charge in [0.15, 0.2) is 0 Å². The zero-order valence-corrected chi connectivity index (χ0v) is 15.7. The number of hydrogen-bond acceptors (Lipinski definition) is 4. The molecule has 0 unspecified atom stereocenters. The fourth-order valence-corrected chi connectivity index (χ4v) is 3.34. The molecule has 138 valence electrons. The smallest absolute Gasteiger partial charge is 0.340 e. The maximum atomic E-state index is 13.2. The summed E-state index contributed by atoms with van der Waals surface area (Å²) in [5.74, 6) is -0.889. The van der Waals surface area contributed by atoms with E-state index in [1.807, 2.05) is 32.0 Å². The van der Waals surface area contributed by atoms with Gasteiger partial charge in [0.05, 0.1) is 18.3 Å². The van der Waals surface area contributed by atoms with Crippen LogP contribution >= 0.6 is 0 Å². The Labute approximate surface area is 158 Å².